The second-order valence-corrected chi connectivity index (χ2v) is 6.05. The normalized spacial score (nSPS) is 15.4. The van der Waals surface area contributed by atoms with Gasteiger partial charge < -0.3 is 10.6 Å². The van der Waals surface area contributed by atoms with E-state index in [-0.39, 0.29) is 11.3 Å². The Morgan fingerprint density at radius 3 is 2.32 bits per heavy atom. The number of carbonyl (C=O) groups excluding carboxylic acids is 1. The molecule has 1 heterocycles. The van der Waals surface area contributed by atoms with Crippen LogP contribution in [0.1, 0.15) is 15.9 Å². The molecule has 7 heteroatoms. The summed E-state index contributed by atoms with van der Waals surface area (Å²) in [4.78, 5) is 16.0. The van der Waals surface area contributed by atoms with Crippen molar-refractivity contribution in [3.63, 3.8) is 0 Å². The summed E-state index contributed by atoms with van der Waals surface area (Å²) in [6, 6.07) is 7.64. The third-order valence-corrected chi connectivity index (χ3v) is 4.29. The highest BCUT2D eigenvalue weighted by Gasteiger charge is 2.24. The predicted molar refractivity (Wildman–Crippen MR) is 88.4 cm³/mol. The number of nitrogens with zero attached hydrogens (tertiary/aromatic N) is 2. The summed E-state index contributed by atoms with van der Waals surface area (Å²) >= 11 is 0. The van der Waals surface area contributed by atoms with Crippen LogP contribution in [0, 0.1) is 17.5 Å². The highest BCUT2D eigenvalue weighted by Crippen LogP contribution is 2.17. The molecule has 25 heavy (non-hydrogen) atoms. The topological polar surface area (TPSA) is 49.6 Å². The molecule has 1 amide bonds. The van der Waals surface area contributed by atoms with Gasteiger partial charge in [0, 0.05) is 38.8 Å². The quantitative estimate of drug-likeness (QED) is 0.867. The van der Waals surface area contributed by atoms with Crippen LogP contribution in [0.4, 0.5) is 18.9 Å². The van der Waals surface area contributed by atoms with Crippen molar-refractivity contribution in [1.29, 1.82) is 0 Å². The number of rotatable bonds is 3. The highest BCUT2D eigenvalue weighted by molar-refractivity contribution is 5.94. The van der Waals surface area contributed by atoms with Crippen LogP contribution in [0.2, 0.25) is 0 Å². The lowest BCUT2D eigenvalue weighted by molar-refractivity contribution is 0.0624. The number of piperazine rings is 1. The summed E-state index contributed by atoms with van der Waals surface area (Å²) in [6.45, 7) is 2.56. The van der Waals surface area contributed by atoms with Crippen LogP contribution in [-0.2, 0) is 6.54 Å². The Labute approximate surface area is 143 Å². The second kappa shape index (κ2) is 7.14. The smallest absolute Gasteiger partial charge is 0.256 e. The molecule has 0 aliphatic carbocycles. The molecule has 0 bridgehead atoms. The van der Waals surface area contributed by atoms with E-state index < -0.39 is 23.4 Å². The molecule has 2 N–H and O–H groups in total. The molecule has 1 fully saturated rings. The van der Waals surface area contributed by atoms with E-state index in [1.54, 1.807) is 6.07 Å². The van der Waals surface area contributed by atoms with Gasteiger partial charge in [-0.05, 0) is 29.8 Å². The van der Waals surface area contributed by atoms with Gasteiger partial charge in [0.15, 0.2) is 0 Å². The molecule has 0 spiro atoms. The zero-order valence-corrected chi connectivity index (χ0v) is 13.5. The first-order chi connectivity index (χ1) is 11.9. The first-order valence-electron chi connectivity index (χ1n) is 7.94. The Balaban J connectivity index is 1.59. The highest BCUT2D eigenvalue weighted by atomic mass is 19.1. The third kappa shape index (κ3) is 3.93. The number of hydrogen-bond acceptors (Lipinski definition) is 3. The number of halogens is 3. The van der Waals surface area contributed by atoms with Crippen LogP contribution in [0.3, 0.4) is 0 Å². The van der Waals surface area contributed by atoms with E-state index in [1.165, 1.54) is 17.0 Å². The predicted octanol–water partition coefficient (Wildman–Crippen LogP) is 2.64. The number of anilines is 1. The van der Waals surface area contributed by atoms with E-state index >= 15 is 0 Å². The lowest BCUT2D eigenvalue weighted by atomic mass is 10.1. The van der Waals surface area contributed by atoms with Crippen molar-refractivity contribution in [3.05, 3.63) is 65.0 Å². The maximum atomic E-state index is 13.7. The minimum Gasteiger partial charge on any atom is -0.396 e. The number of amides is 1. The summed E-state index contributed by atoms with van der Waals surface area (Å²) < 4.78 is 40.2. The van der Waals surface area contributed by atoms with Crippen LogP contribution < -0.4 is 5.73 Å². The Kier molecular flexibility index (Phi) is 4.94. The van der Waals surface area contributed by atoms with Gasteiger partial charge in [0.2, 0.25) is 0 Å². The molecule has 2 aromatic carbocycles. The SMILES string of the molecule is Nc1ccc(CN2CCN(C(=O)c3ccc(F)cc3F)CC2)cc1F. The Morgan fingerprint density at radius 2 is 1.68 bits per heavy atom. The van der Waals surface area contributed by atoms with Crippen LogP contribution in [0.25, 0.3) is 0 Å². The van der Waals surface area contributed by atoms with Gasteiger partial charge in [-0.15, -0.1) is 0 Å². The van der Waals surface area contributed by atoms with Crippen molar-refractivity contribution >= 4 is 11.6 Å². The van der Waals surface area contributed by atoms with Crippen LogP contribution >= 0.6 is 0 Å². The van der Waals surface area contributed by atoms with Gasteiger partial charge in [-0.3, -0.25) is 9.69 Å². The number of nitrogens with two attached hydrogens (primary N) is 1. The molecule has 0 unspecified atom stereocenters. The zero-order valence-electron chi connectivity index (χ0n) is 13.5. The van der Waals surface area contributed by atoms with Gasteiger partial charge in [-0.1, -0.05) is 6.07 Å². The Bertz CT molecular complexity index is 789. The summed E-state index contributed by atoms with van der Waals surface area (Å²) in [5, 5.41) is 0. The van der Waals surface area contributed by atoms with E-state index in [9.17, 15) is 18.0 Å². The molecule has 4 nitrogen and oxygen atoms in total. The van der Waals surface area contributed by atoms with Crippen molar-refractivity contribution in [2.45, 2.75) is 6.54 Å². The summed E-state index contributed by atoms with van der Waals surface area (Å²) in [5.74, 6) is -2.46. The first-order valence-corrected chi connectivity index (χ1v) is 7.94. The fourth-order valence-electron chi connectivity index (χ4n) is 2.87. The molecular weight excluding hydrogens is 331 g/mol. The van der Waals surface area contributed by atoms with E-state index in [4.69, 9.17) is 5.73 Å². The summed E-state index contributed by atoms with van der Waals surface area (Å²) in [7, 11) is 0. The second-order valence-electron chi connectivity index (χ2n) is 6.05. The summed E-state index contributed by atoms with van der Waals surface area (Å²) in [6.07, 6.45) is 0. The van der Waals surface area contributed by atoms with Crippen molar-refractivity contribution in [3.8, 4) is 0 Å². The van der Waals surface area contributed by atoms with E-state index in [2.05, 4.69) is 4.90 Å². The molecule has 3 rings (SSSR count). The molecule has 1 aliphatic heterocycles. The van der Waals surface area contributed by atoms with E-state index in [1.807, 2.05) is 0 Å². The minimum absolute atomic E-state index is 0.112. The molecule has 0 atom stereocenters. The fourth-order valence-corrected chi connectivity index (χ4v) is 2.87. The monoisotopic (exact) mass is 349 g/mol. The number of nitrogen functional groups attached to an aromatic ring is 1. The van der Waals surface area contributed by atoms with Crippen molar-refractivity contribution in [2.24, 2.45) is 0 Å². The van der Waals surface area contributed by atoms with Crippen LogP contribution in [0.5, 0.6) is 0 Å². The van der Waals surface area contributed by atoms with Crippen LogP contribution in [-0.4, -0.2) is 41.9 Å². The van der Waals surface area contributed by atoms with Gasteiger partial charge in [0.1, 0.15) is 17.5 Å². The van der Waals surface area contributed by atoms with Gasteiger partial charge in [-0.25, -0.2) is 13.2 Å². The lowest BCUT2D eigenvalue weighted by Gasteiger charge is -2.34. The molecule has 1 saturated heterocycles. The molecule has 0 aromatic heterocycles. The van der Waals surface area contributed by atoms with Gasteiger partial charge in [-0.2, -0.15) is 0 Å². The van der Waals surface area contributed by atoms with Crippen molar-refractivity contribution in [2.75, 3.05) is 31.9 Å². The summed E-state index contributed by atoms with van der Waals surface area (Å²) in [5.41, 5.74) is 6.25. The van der Waals surface area contributed by atoms with E-state index in [0.29, 0.717) is 38.8 Å². The molecule has 0 radical (unpaired) electrons. The molecule has 0 saturated carbocycles. The van der Waals surface area contributed by atoms with Gasteiger partial charge >= 0.3 is 0 Å². The van der Waals surface area contributed by atoms with Crippen LogP contribution in [0.15, 0.2) is 36.4 Å². The van der Waals surface area contributed by atoms with Crippen molar-refractivity contribution < 1.29 is 18.0 Å². The number of benzene rings is 2. The molecule has 132 valence electrons. The largest absolute Gasteiger partial charge is 0.396 e. The van der Waals surface area contributed by atoms with E-state index in [0.717, 1.165) is 17.7 Å². The number of carbonyl (C=O) groups is 1. The minimum atomic E-state index is -0.857. The zero-order chi connectivity index (χ0) is 18.0. The molecular formula is C18H18F3N3O. The van der Waals surface area contributed by atoms with Gasteiger partial charge in [0.25, 0.3) is 5.91 Å². The average molecular weight is 349 g/mol. The molecule has 2 aromatic rings. The Morgan fingerprint density at radius 1 is 0.960 bits per heavy atom. The number of hydrogen-bond donors (Lipinski definition) is 1. The maximum absolute atomic E-state index is 13.7. The average Bonchev–Trinajstić information content (AvgIpc) is 2.58. The Hall–Kier alpha value is -2.54. The van der Waals surface area contributed by atoms with Crippen molar-refractivity contribution in [1.82, 2.24) is 9.80 Å². The standard InChI is InChI=1S/C18H18F3N3O/c19-13-2-3-14(15(20)10-13)18(25)24-7-5-23(6-8-24)11-12-1-4-17(22)16(21)9-12/h1-4,9-10H,5-8,11,22H2. The fraction of sp³-hybridized carbons (Fsp3) is 0.278. The third-order valence-electron chi connectivity index (χ3n) is 4.29. The molecule has 1 aliphatic rings. The maximum Gasteiger partial charge on any atom is 0.256 e. The first kappa shape index (κ1) is 17.3. The van der Waals surface area contributed by atoms with Gasteiger partial charge in [0.05, 0.1) is 11.3 Å². The lowest BCUT2D eigenvalue weighted by Crippen LogP contribution is -2.48.